The molecule has 0 fully saturated rings. The monoisotopic (exact) mass is 363 g/mol. The van der Waals surface area contributed by atoms with E-state index >= 15 is 0 Å². The summed E-state index contributed by atoms with van der Waals surface area (Å²) < 4.78 is 10.7. The second-order valence-electron chi connectivity index (χ2n) is 6.48. The summed E-state index contributed by atoms with van der Waals surface area (Å²) in [7, 11) is 3.23. The average Bonchev–Trinajstić information content (AvgIpc) is 3.21. The van der Waals surface area contributed by atoms with Crippen molar-refractivity contribution in [2.75, 3.05) is 20.8 Å². The lowest BCUT2D eigenvalue weighted by molar-refractivity contribution is 0.0718. The van der Waals surface area contributed by atoms with Gasteiger partial charge in [0.05, 0.1) is 44.0 Å². The molecule has 0 saturated heterocycles. The van der Waals surface area contributed by atoms with E-state index in [1.807, 2.05) is 41.3 Å². The highest BCUT2D eigenvalue weighted by atomic mass is 16.5. The van der Waals surface area contributed by atoms with Crippen molar-refractivity contribution in [1.82, 2.24) is 14.9 Å². The van der Waals surface area contributed by atoms with Crippen LogP contribution in [-0.2, 0) is 6.54 Å². The first kappa shape index (κ1) is 17.1. The average molecular weight is 363 g/mol. The van der Waals surface area contributed by atoms with Crippen LogP contribution in [0.5, 0.6) is 11.5 Å². The molecule has 1 unspecified atom stereocenters. The van der Waals surface area contributed by atoms with Crippen LogP contribution in [0.1, 0.15) is 33.2 Å². The molecule has 1 amide bonds. The molecule has 0 radical (unpaired) electrons. The smallest absolute Gasteiger partial charge is 0.258 e. The predicted molar refractivity (Wildman–Crippen MR) is 101 cm³/mol. The van der Waals surface area contributed by atoms with Crippen LogP contribution in [0, 0.1) is 0 Å². The van der Waals surface area contributed by atoms with Crippen molar-refractivity contribution in [3.63, 3.8) is 0 Å². The molecule has 1 aliphatic rings. The molecule has 4 rings (SSSR count). The van der Waals surface area contributed by atoms with Crippen LogP contribution >= 0.6 is 0 Å². The summed E-state index contributed by atoms with van der Waals surface area (Å²) in [5, 5.41) is 0. The summed E-state index contributed by atoms with van der Waals surface area (Å²) >= 11 is 0. The predicted octanol–water partition coefficient (Wildman–Crippen LogP) is 3.21. The van der Waals surface area contributed by atoms with E-state index in [2.05, 4.69) is 9.97 Å². The van der Waals surface area contributed by atoms with Crippen molar-refractivity contribution in [1.29, 1.82) is 0 Å². The van der Waals surface area contributed by atoms with E-state index in [-0.39, 0.29) is 11.8 Å². The maximum atomic E-state index is 13.2. The Bertz CT molecular complexity index is 967. The number of fused-ring (bicyclic) bond motifs is 1. The second kappa shape index (κ2) is 7.15. The number of aromatic amines is 1. The minimum absolute atomic E-state index is 0.0197. The standard InChI is InChI=1S/C21H21N3O3/c1-26-15-7-5-6-14(10-15)17-11-24(12-18-20(17)23-13-22-18)21(25)16-8-3-4-9-19(16)27-2/h3-10,13,17H,11-12H2,1-2H3,(H,22,23). The van der Waals surface area contributed by atoms with Gasteiger partial charge >= 0.3 is 0 Å². The van der Waals surface area contributed by atoms with Gasteiger partial charge in [0.15, 0.2) is 0 Å². The zero-order chi connectivity index (χ0) is 18.8. The second-order valence-corrected chi connectivity index (χ2v) is 6.48. The molecule has 6 heteroatoms. The van der Waals surface area contributed by atoms with Crippen LogP contribution in [0.4, 0.5) is 0 Å². The van der Waals surface area contributed by atoms with Gasteiger partial charge in [-0.1, -0.05) is 24.3 Å². The van der Waals surface area contributed by atoms with Gasteiger partial charge in [-0.25, -0.2) is 4.98 Å². The SMILES string of the molecule is COc1cccc(C2CN(C(=O)c3ccccc3OC)Cc3[nH]cnc32)c1. The van der Waals surface area contributed by atoms with Crippen LogP contribution in [0.3, 0.4) is 0 Å². The number of carbonyl (C=O) groups is 1. The Morgan fingerprint density at radius 1 is 1.15 bits per heavy atom. The molecule has 0 aliphatic carbocycles. The molecule has 0 saturated carbocycles. The Kier molecular flexibility index (Phi) is 4.54. The van der Waals surface area contributed by atoms with Gasteiger partial charge in [-0.05, 0) is 29.8 Å². The number of aromatic nitrogens is 2. The van der Waals surface area contributed by atoms with Crippen molar-refractivity contribution in [3.05, 3.63) is 77.4 Å². The van der Waals surface area contributed by atoms with Crippen LogP contribution in [0.15, 0.2) is 54.9 Å². The molecular formula is C21H21N3O3. The van der Waals surface area contributed by atoms with Crippen molar-refractivity contribution >= 4 is 5.91 Å². The summed E-state index contributed by atoms with van der Waals surface area (Å²) in [6.45, 7) is 1.04. The van der Waals surface area contributed by atoms with E-state index in [0.717, 1.165) is 22.7 Å². The number of rotatable bonds is 4. The minimum Gasteiger partial charge on any atom is -0.497 e. The first-order valence-corrected chi connectivity index (χ1v) is 8.79. The third-order valence-corrected chi connectivity index (χ3v) is 4.95. The number of ether oxygens (including phenoxy) is 2. The Morgan fingerprint density at radius 2 is 2.00 bits per heavy atom. The van der Waals surface area contributed by atoms with Gasteiger partial charge in [0.25, 0.3) is 5.91 Å². The number of H-pyrrole nitrogens is 1. The maximum Gasteiger partial charge on any atom is 0.258 e. The highest BCUT2D eigenvalue weighted by Gasteiger charge is 2.32. The Hall–Kier alpha value is -3.28. The molecule has 1 N–H and O–H groups in total. The van der Waals surface area contributed by atoms with E-state index in [1.165, 1.54) is 0 Å². The molecular weight excluding hydrogens is 342 g/mol. The number of amides is 1. The van der Waals surface area contributed by atoms with Crippen molar-refractivity contribution in [3.8, 4) is 11.5 Å². The van der Waals surface area contributed by atoms with Crippen LogP contribution < -0.4 is 9.47 Å². The van der Waals surface area contributed by atoms with Gasteiger partial charge in [0.1, 0.15) is 11.5 Å². The molecule has 1 aromatic heterocycles. The lowest BCUT2D eigenvalue weighted by Crippen LogP contribution is -2.38. The number of carbonyl (C=O) groups excluding carboxylic acids is 1. The number of imidazole rings is 1. The van der Waals surface area contributed by atoms with Gasteiger partial charge in [-0.15, -0.1) is 0 Å². The summed E-state index contributed by atoms with van der Waals surface area (Å²) in [5.74, 6) is 1.29. The zero-order valence-corrected chi connectivity index (χ0v) is 15.3. The number of hydrogen-bond acceptors (Lipinski definition) is 4. The van der Waals surface area contributed by atoms with Gasteiger partial charge in [0.2, 0.25) is 0 Å². The molecule has 2 aromatic carbocycles. The minimum atomic E-state index is -0.0550. The summed E-state index contributed by atoms with van der Waals surface area (Å²) in [6, 6.07) is 15.2. The third-order valence-electron chi connectivity index (χ3n) is 4.95. The van der Waals surface area contributed by atoms with E-state index in [0.29, 0.717) is 24.4 Å². The molecule has 3 aromatic rings. The van der Waals surface area contributed by atoms with Crippen LogP contribution in [-0.4, -0.2) is 41.5 Å². The molecule has 138 valence electrons. The fourth-order valence-electron chi connectivity index (χ4n) is 3.59. The van der Waals surface area contributed by atoms with E-state index < -0.39 is 0 Å². The highest BCUT2D eigenvalue weighted by molar-refractivity contribution is 5.97. The summed E-state index contributed by atoms with van der Waals surface area (Å²) in [4.78, 5) is 22.7. The number of nitrogens with one attached hydrogen (secondary N) is 1. The number of methoxy groups -OCH3 is 2. The number of para-hydroxylation sites is 1. The first-order chi connectivity index (χ1) is 13.2. The third kappa shape index (κ3) is 3.14. The van der Waals surface area contributed by atoms with Crippen molar-refractivity contribution in [2.45, 2.75) is 12.5 Å². The molecule has 1 aliphatic heterocycles. The number of hydrogen-bond donors (Lipinski definition) is 1. The maximum absolute atomic E-state index is 13.2. The fraction of sp³-hybridized carbons (Fsp3) is 0.238. The van der Waals surface area contributed by atoms with Crippen LogP contribution in [0.2, 0.25) is 0 Å². The Labute approximate surface area is 157 Å². The molecule has 27 heavy (non-hydrogen) atoms. The van der Waals surface area contributed by atoms with Gasteiger partial charge in [-0.3, -0.25) is 4.79 Å². The topological polar surface area (TPSA) is 67.4 Å². The lowest BCUT2D eigenvalue weighted by Gasteiger charge is -2.32. The zero-order valence-electron chi connectivity index (χ0n) is 15.3. The molecule has 2 heterocycles. The van der Waals surface area contributed by atoms with Gasteiger partial charge < -0.3 is 19.4 Å². The largest absolute Gasteiger partial charge is 0.497 e. The fourth-order valence-corrected chi connectivity index (χ4v) is 3.59. The van der Waals surface area contributed by atoms with Gasteiger partial charge in [-0.2, -0.15) is 0 Å². The van der Waals surface area contributed by atoms with Crippen molar-refractivity contribution in [2.24, 2.45) is 0 Å². The van der Waals surface area contributed by atoms with E-state index in [9.17, 15) is 4.79 Å². The van der Waals surface area contributed by atoms with E-state index in [1.54, 1.807) is 32.7 Å². The van der Waals surface area contributed by atoms with Crippen molar-refractivity contribution < 1.29 is 14.3 Å². The van der Waals surface area contributed by atoms with Crippen LogP contribution in [0.25, 0.3) is 0 Å². The Morgan fingerprint density at radius 3 is 2.81 bits per heavy atom. The molecule has 1 atom stereocenters. The molecule has 0 bridgehead atoms. The normalized spacial score (nSPS) is 15.9. The molecule has 0 spiro atoms. The Balaban J connectivity index is 1.70. The lowest BCUT2D eigenvalue weighted by atomic mass is 9.90. The quantitative estimate of drug-likeness (QED) is 0.773. The van der Waals surface area contributed by atoms with Gasteiger partial charge in [0, 0.05) is 12.5 Å². The summed E-state index contributed by atoms with van der Waals surface area (Å²) in [6.07, 6.45) is 1.69. The highest BCUT2D eigenvalue weighted by Crippen LogP contribution is 2.34. The molecule has 6 nitrogen and oxygen atoms in total. The summed E-state index contributed by atoms with van der Waals surface area (Å²) in [5.41, 5.74) is 3.57. The number of benzene rings is 2. The first-order valence-electron chi connectivity index (χ1n) is 8.79. The number of nitrogens with zero attached hydrogens (tertiary/aromatic N) is 2. The van der Waals surface area contributed by atoms with E-state index in [4.69, 9.17) is 9.47 Å².